The van der Waals surface area contributed by atoms with Gasteiger partial charge in [0.25, 0.3) is 0 Å². The lowest BCUT2D eigenvalue weighted by Gasteiger charge is -2.14. The molecule has 0 aliphatic heterocycles. The molecule has 112 valence electrons. The average Bonchev–Trinajstić information content (AvgIpc) is 2.48. The van der Waals surface area contributed by atoms with Crippen LogP contribution in [0.25, 0.3) is 11.1 Å². The quantitative estimate of drug-likeness (QED) is 0.892. The van der Waals surface area contributed by atoms with Gasteiger partial charge in [0, 0.05) is 12.4 Å². The molecule has 0 saturated heterocycles. The molecule has 0 aliphatic rings. The van der Waals surface area contributed by atoms with Crippen molar-refractivity contribution >= 4 is 18.3 Å². The predicted molar refractivity (Wildman–Crippen MR) is 87.4 cm³/mol. The number of hydrogen-bond acceptors (Lipinski definition) is 3. The van der Waals surface area contributed by atoms with E-state index in [1.807, 2.05) is 31.2 Å². The Morgan fingerprint density at radius 3 is 2.24 bits per heavy atom. The highest BCUT2D eigenvalue weighted by Crippen LogP contribution is 2.21. The molecule has 0 radical (unpaired) electrons. The molecule has 0 aliphatic carbocycles. The van der Waals surface area contributed by atoms with E-state index < -0.39 is 0 Å². The maximum atomic E-state index is 11.5. The first-order valence-corrected chi connectivity index (χ1v) is 6.65. The summed E-state index contributed by atoms with van der Waals surface area (Å²) in [5.41, 5.74) is 3.37. The predicted octanol–water partition coefficient (Wildman–Crippen LogP) is 2.57. The largest absolute Gasteiger partial charge is 0.348 e. The molecule has 2 N–H and O–H groups in total. The molecule has 5 heteroatoms. The first-order valence-electron chi connectivity index (χ1n) is 6.65. The molecule has 1 atom stereocenters. The van der Waals surface area contributed by atoms with Gasteiger partial charge in [-0.25, -0.2) is 0 Å². The third-order valence-corrected chi connectivity index (χ3v) is 3.14. The number of carbonyl (C=O) groups excluding carboxylic acids is 1. The molecule has 4 nitrogen and oxygen atoms in total. The van der Waals surface area contributed by atoms with Crippen LogP contribution in [0.4, 0.5) is 0 Å². The minimum Gasteiger partial charge on any atom is -0.348 e. The number of aromatic nitrogens is 1. The Hall–Kier alpha value is -1.91. The van der Waals surface area contributed by atoms with Gasteiger partial charge in [0.15, 0.2) is 0 Å². The van der Waals surface area contributed by atoms with Crippen LogP contribution in [0.3, 0.4) is 0 Å². The van der Waals surface area contributed by atoms with Gasteiger partial charge in [-0.15, -0.1) is 12.4 Å². The highest BCUT2D eigenvalue weighted by Gasteiger charge is 2.08. The van der Waals surface area contributed by atoms with E-state index in [9.17, 15) is 4.79 Å². The Balaban J connectivity index is 0.00000220. The van der Waals surface area contributed by atoms with Crippen LogP contribution in [0.1, 0.15) is 18.5 Å². The van der Waals surface area contributed by atoms with Gasteiger partial charge in [0.1, 0.15) is 0 Å². The molecule has 1 unspecified atom stereocenters. The fourth-order valence-electron chi connectivity index (χ4n) is 2.05. The number of rotatable bonds is 5. The van der Waals surface area contributed by atoms with Crippen LogP contribution in [-0.2, 0) is 4.79 Å². The van der Waals surface area contributed by atoms with Gasteiger partial charge in [-0.05, 0) is 42.8 Å². The highest BCUT2D eigenvalue weighted by molar-refractivity contribution is 5.85. The number of carbonyl (C=O) groups is 1. The summed E-state index contributed by atoms with van der Waals surface area (Å²) in [4.78, 5) is 15.5. The Morgan fingerprint density at radius 1 is 1.10 bits per heavy atom. The van der Waals surface area contributed by atoms with E-state index in [0.29, 0.717) is 6.54 Å². The van der Waals surface area contributed by atoms with Gasteiger partial charge in [0.2, 0.25) is 5.91 Å². The molecule has 1 heterocycles. The van der Waals surface area contributed by atoms with Crippen molar-refractivity contribution in [2.24, 2.45) is 0 Å². The Labute approximate surface area is 131 Å². The van der Waals surface area contributed by atoms with Crippen molar-refractivity contribution < 1.29 is 4.79 Å². The minimum atomic E-state index is -0.00166. The number of likely N-dealkylation sites (N-methyl/N-ethyl adjacent to an activating group) is 1. The number of amides is 1. The van der Waals surface area contributed by atoms with Crippen LogP contribution in [0.2, 0.25) is 0 Å². The lowest BCUT2D eigenvalue weighted by molar-refractivity contribution is -0.120. The van der Waals surface area contributed by atoms with Gasteiger partial charge in [-0.3, -0.25) is 9.78 Å². The maximum absolute atomic E-state index is 11.5. The van der Waals surface area contributed by atoms with Crippen molar-refractivity contribution in [1.82, 2.24) is 15.6 Å². The van der Waals surface area contributed by atoms with E-state index in [-0.39, 0.29) is 24.4 Å². The number of hydrogen-bond donors (Lipinski definition) is 2. The van der Waals surface area contributed by atoms with Crippen molar-refractivity contribution in [2.75, 3.05) is 13.6 Å². The SMILES string of the molecule is CNCC(=O)NC(C)c1ccc(-c2ccncc2)cc1.Cl. The molecule has 1 amide bonds. The van der Waals surface area contributed by atoms with E-state index in [4.69, 9.17) is 0 Å². The normalized spacial score (nSPS) is 11.3. The maximum Gasteiger partial charge on any atom is 0.234 e. The molecule has 2 rings (SSSR count). The first-order chi connectivity index (χ1) is 9.70. The van der Waals surface area contributed by atoms with E-state index >= 15 is 0 Å². The smallest absolute Gasteiger partial charge is 0.234 e. The summed E-state index contributed by atoms with van der Waals surface area (Å²) in [6, 6.07) is 12.2. The third kappa shape index (κ3) is 4.85. The number of nitrogens with one attached hydrogen (secondary N) is 2. The second-order valence-electron chi connectivity index (χ2n) is 4.68. The Morgan fingerprint density at radius 2 is 1.67 bits per heavy atom. The van der Waals surface area contributed by atoms with Crippen molar-refractivity contribution in [3.63, 3.8) is 0 Å². The Bertz CT molecular complexity index is 557. The van der Waals surface area contributed by atoms with Crippen LogP contribution in [0.5, 0.6) is 0 Å². The second-order valence-corrected chi connectivity index (χ2v) is 4.68. The lowest BCUT2D eigenvalue weighted by atomic mass is 10.0. The van der Waals surface area contributed by atoms with Gasteiger partial charge in [-0.1, -0.05) is 24.3 Å². The molecular weight excluding hydrogens is 286 g/mol. The molecule has 1 aromatic carbocycles. The van der Waals surface area contributed by atoms with Gasteiger partial charge in [-0.2, -0.15) is 0 Å². The van der Waals surface area contributed by atoms with Gasteiger partial charge < -0.3 is 10.6 Å². The fraction of sp³-hybridized carbons (Fsp3) is 0.250. The molecule has 0 bridgehead atoms. The molecule has 2 aromatic rings. The monoisotopic (exact) mass is 305 g/mol. The van der Waals surface area contributed by atoms with Gasteiger partial charge >= 0.3 is 0 Å². The summed E-state index contributed by atoms with van der Waals surface area (Å²) in [5.74, 6) is -0.00166. The molecule has 0 spiro atoms. The van der Waals surface area contributed by atoms with Crippen molar-refractivity contribution in [3.05, 3.63) is 54.4 Å². The number of nitrogens with zero attached hydrogens (tertiary/aromatic N) is 1. The number of pyridine rings is 1. The number of halogens is 1. The topological polar surface area (TPSA) is 54.0 Å². The van der Waals surface area contributed by atoms with Gasteiger partial charge in [0.05, 0.1) is 12.6 Å². The molecule has 0 fully saturated rings. The zero-order valence-electron chi connectivity index (χ0n) is 12.2. The summed E-state index contributed by atoms with van der Waals surface area (Å²) in [6.45, 7) is 2.31. The van der Waals surface area contributed by atoms with E-state index in [1.165, 1.54) is 0 Å². The van der Waals surface area contributed by atoms with E-state index in [2.05, 4.69) is 27.8 Å². The van der Waals surface area contributed by atoms with Crippen molar-refractivity contribution in [3.8, 4) is 11.1 Å². The Kier molecular flexibility index (Phi) is 6.85. The zero-order chi connectivity index (χ0) is 14.4. The molecule has 0 saturated carbocycles. The van der Waals surface area contributed by atoms with E-state index in [1.54, 1.807) is 19.4 Å². The summed E-state index contributed by atoms with van der Waals surface area (Å²) < 4.78 is 0. The standard InChI is InChI=1S/C16H19N3O.ClH/c1-12(19-16(20)11-17-2)13-3-5-14(6-4-13)15-7-9-18-10-8-15;/h3-10,12,17H,11H2,1-2H3,(H,19,20);1H. The fourth-order valence-corrected chi connectivity index (χ4v) is 2.05. The summed E-state index contributed by atoms with van der Waals surface area (Å²) >= 11 is 0. The molecule has 1 aromatic heterocycles. The first kappa shape index (κ1) is 17.1. The highest BCUT2D eigenvalue weighted by atomic mass is 35.5. The summed E-state index contributed by atoms with van der Waals surface area (Å²) in [6.07, 6.45) is 3.56. The van der Waals surface area contributed by atoms with Crippen molar-refractivity contribution in [2.45, 2.75) is 13.0 Å². The minimum absolute atomic E-state index is 0. The van der Waals surface area contributed by atoms with Crippen LogP contribution >= 0.6 is 12.4 Å². The second kappa shape index (κ2) is 8.39. The van der Waals surface area contributed by atoms with Crippen molar-refractivity contribution in [1.29, 1.82) is 0 Å². The van der Waals surface area contributed by atoms with Crippen LogP contribution in [0, 0.1) is 0 Å². The summed E-state index contributed by atoms with van der Waals surface area (Å²) in [7, 11) is 1.76. The molecular formula is C16H20ClN3O. The van der Waals surface area contributed by atoms with E-state index in [0.717, 1.165) is 16.7 Å². The average molecular weight is 306 g/mol. The van der Waals surface area contributed by atoms with Crippen LogP contribution in [-0.4, -0.2) is 24.5 Å². The summed E-state index contributed by atoms with van der Waals surface area (Å²) in [5, 5.41) is 5.78. The molecule has 21 heavy (non-hydrogen) atoms. The van der Waals surface area contributed by atoms with Crippen LogP contribution in [0.15, 0.2) is 48.8 Å². The van der Waals surface area contributed by atoms with Crippen LogP contribution < -0.4 is 10.6 Å². The lowest BCUT2D eigenvalue weighted by Crippen LogP contribution is -2.33. The number of benzene rings is 1. The zero-order valence-corrected chi connectivity index (χ0v) is 13.0. The third-order valence-electron chi connectivity index (χ3n) is 3.14.